The van der Waals surface area contributed by atoms with Gasteiger partial charge in [-0.05, 0) is 24.3 Å². The van der Waals surface area contributed by atoms with E-state index in [1.165, 1.54) is 18.5 Å². The predicted molar refractivity (Wildman–Crippen MR) is 100.0 cm³/mol. The van der Waals surface area contributed by atoms with Crippen molar-refractivity contribution < 1.29 is 18.3 Å². The van der Waals surface area contributed by atoms with Gasteiger partial charge in [0.05, 0.1) is 29.1 Å². The highest BCUT2D eigenvalue weighted by molar-refractivity contribution is 5.93. The van der Waals surface area contributed by atoms with Crippen molar-refractivity contribution >= 4 is 22.4 Å². The summed E-state index contributed by atoms with van der Waals surface area (Å²) in [6.45, 7) is -0.0975. The van der Waals surface area contributed by atoms with E-state index in [0.717, 1.165) is 28.7 Å². The zero-order chi connectivity index (χ0) is 19.7. The summed E-state index contributed by atoms with van der Waals surface area (Å²) in [4.78, 5) is 11.5. The number of alkyl halides is 3. The van der Waals surface area contributed by atoms with E-state index in [1.54, 1.807) is 6.07 Å². The quantitative estimate of drug-likeness (QED) is 0.469. The summed E-state index contributed by atoms with van der Waals surface area (Å²) in [6, 6.07) is 14.0. The number of fused-ring (bicyclic) bond motifs is 1. The molecule has 0 bridgehead atoms. The Morgan fingerprint density at radius 3 is 2.50 bits per heavy atom. The highest BCUT2D eigenvalue weighted by Gasteiger charge is 2.30. The van der Waals surface area contributed by atoms with Crippen LogP contribution in [0.5, 0.6) is 0 Å². The molecule has 4 aromatic rings. The molecule has 0 aliphatic carbocycles. The summed E-state index contributed by atoms with van der Waals surface area (Å²) in [6.07, 6.45) is -3.03. The van der Waals surface area contributed by atoms with Crippen molar-refractivity contribution in [3.63, 3.8) is 0 Å². The van der Waals surface area contributed by atoms with Crippen molar-refractivity contribution in [2.45, 2.75) is 12.8 Å². The lowest BCUT2D eigenvalue weighted by molar-refractivity contribution is -0.137. The number of aliphatic hydroxyl groups is 1. The molecule has 0 saturated heterocycles. The molecule has 0 unspecified atom stereocenters. The molecule has 2 aromatic heterocycles. The molecule has 8 heteroatoms. The minimum Gasteiger partial charge on any atom is -0.390 e. The summed E-state index contributed by atoms with van der Waals surface area (Å²) < 4.78 is 38.2. The summed E-state index contributed by atoms with van der Waals surface area (Å²) >= 11 is 0. The molecule has 4 rings (SSSR count). The topological polar surface area (TPSA) is 73.8 Å². The first kappa shape index (κ1) is 18.0. The molecular formula is C20H15F3N4O. The van der Waals surface area contributed by atoms with Crippen LogP contribution < -0.4 is 5.32 Å². The van der Waals surface area contributed by atoms with Gasteiger partial charge in [-0.15, -0.1) is 0 Å². The van der Waals surface area contributed by atoms with Crippen LogP contribution in [0.25, 0.3) is 22.2 Å². The van der Waals surface area contributed by atoms with Gasteiger partial charge in [0.2, 0.25) is 0 Å². The smallest absolute Gasteiger partial charge is 0.390 e. The number of para-hydroxylation sites is 1. The number of hydrogen-bond donors (Lipinski definition) is 3. The fourth-order valence-corrected chi connectivity index (χ4v) is 2.96. The van der Waals surface area contributed by atoms with Gasteiger partial charge in [-0.3, -0.25) is 0 Å². The fraction of sp³-hybridized carbons (Fsp3) is 0.100. The first-order valence-corrected chi connectivity index (χ1v) is 8.42. The van der Waals surface area contributed by atoms with Crippen LogP contribution in [0.2, 0.25) is 0 Å². The van der Waals surface area contributed by atoms with Gasteiger partial charge in [-0.1, -0.05) is 24.3 Å². The summed E-state index contributed by atoms with van der Waals surface area (Å²) in [5.41, 5.74) is 2.62. The number of H-pyrrole nitrogens is 1. The standard InChI is InChI=1S/C20H15F3N4O/c21-20(22,23)14-6-4-12(5-7-14)17-9-18(25-11-24-17)27-16-3-1-2-13-8-15(10-28)26-19(13)16/h1-9,11,26,28H,10H2,(H,24,25,27). The van der Waals surface area contributed by atoms with Crippen molar-refractivity contribution in [1.82, 2.24) is 15.0 Å². The number of nitrogens with zero attached hydrogens (tertiary/aromatic N) is 2. The monoisotopic (exact) mass is 384 g/mol. The van der Waals surface area contributed by atoms with Crippen LogP contribution in [0.1, 0.15) is 11.3 Å². The minimum absolute atomic E-state index is 0.0975. The second-order valence-electron chi connectivity index (χ2n) is 6.21. The number of hydrogen-bond acceptors (Lipinski definition) is 4. The Labute approximate surface area is 157 Å². The number of aromatic nitrogens is 3. The van der Waals surface area contributed by atoms with E-state index in [9.17, 15) is 18.3 Å². The second kappa shape index (κ2) is 6.97. The van der Waals surface area contributed by atoms with Crippen LogP contribution >= 0.6 is 0 Å². The maximum atomic E-state index is 12.7. The first-order chi connectivity index (χ1) is 13.4. The van der Waals surface area contributed by atoms with Crippen molar-refractivity contribution in [2.24, 2.45) is 0 Å². The summed E-state index contributed by atoms with van der Waals surface area (Å²) in [7, 11) is 0. The molecule has 5 nitrogen and oxygen atoms in total. The molecule has 0 fully saturated rings. The summed E-state index contributed by atoms with van der Waals surface area (Å²) in [5, 5.41) is 13.4. The van der Waals surface area contributed by atoms with E-state index in [0.29, 0.717) is 22.8 Å². The number of anilines is 2. The van der Waals surface area contributed by atoms with Crippen LogP contribution in [0.4, 0.5) is 24.7 Å². The molecule has 28 heavy (non-hydrogen) atoms. The van der Waals surface area contributed by atoms with Gasteiger partial charge in [0.15, 0.2) is 0 Å². The minimum atomic E-state index is -4.38. The first-order valence-electron chi connectivity index (χ1n) is 8.42. The van der Waals surface area contributed by atoms with E-state index in [1.807, 2.05) is 24.3 Å². The fourth-order valence-electron chi connectivity index (χ4n) is 2.96. The number of benzene rings is 2. The molecule has 0 spiro atoms. The molecule has 0 aliphatic rings. The van der Waals surface area contributed by atoms with Crippen LogP contribution in [-0.2, 0) is 12.8 Å². The van der Waals surface area contributed by atoms with Gasteiger partial charge in [0, 0.05) is 22.7 Å². The van der Waals surface area contributed by atoms with Gasteiger partial charge in [-0.25, -0.2) is 9.97 Å². The molecule has 2 heterocycles. The maximum Gasteiger partial charge on any atom is 0.416 e. The second-order valence-corrected chi connectivity index (χ2v) is 6.21. The number of rotatable bonds is 4. The van der Waals surface area contributed by atoms with Crippen LogP contribution in [0, 0.1) is 0 Å². The highest BCUT2D eigenvalue weighted by atomic mass is 19.4. The molecule has 0 amide bonds. The third-order valence-corrected chi connectivity index (χ3v) is 4.32. The number of aliphatic hydroxyl groups excluding tert-OH is 1. The zero-order valence-corrected chi connectivity index (χ0v) is 14.5. The van der Waals surface area contributed by atoms with Gasteiger partial charge in [0.1, 0.15) is 12.1 Å². The van der Waals surface area contributed by atoms with Gasteiger partial charge in [-0.2, -0.15) is 13.2 Å². The van der Waals surface area contributed by atoms with E-state index in [4.69, 9.17) is 0 Å². The van der Waals surface area contributed by atoms with E-state index in [-0.39, 0.29) is 6.61 Å². The Morgan fingerprint density at radius 1 is 1.00 bits per heavy atom. The third kappa shape index (κ3) is 3.54. The van der Waals surface area contributed by atoms with E-state index < -0.39 is 11.7 Å². The van der Waals surface area contributed by atoms with Crippen LogP contribution in [-0.4, -0.2) is 20.1 Å². The lowest BCUT2D eigenvalue weighted by Crippen LogP contribution is -2.04. The van der Waals surface area contributed by atoms with E-state index >= 15 is 0 Å². The van der Waals surface area contributed by atoms with Gasteiger partial charge >= 0.3 is 6.18 Å². The van der Waals surface area contributed by atoms with Crippen LogP contribution in [0.15, 0.2) is 60.9 Å². The Hall–Kier alpha value is -3.39. The number of aromatic amines is 1. The number of halogens is 3. The molecule has 0 saturated carbocycles. The molecule has 0 radical (unpaired) electrons. The van der Waals surface area contributed by atoms with Crippen molar-refractivity contribution in [2.75, 3.05) is 5.32 Å². The lowest BCUT2D eigenvalue weighted by Gasteiger charge is -2.09. The molecule has 3 N–H and O–H groups in total. The maximum absolute atomic E-state index is 12.7. The Balaban J connectivity index is 1.64. The average Bonchev–Trinajstić information content (AvgIpc) is 3.12. The Morgan fingerprint density at radius 2 is 1.79 bits per heavy atom. The molecule has 0 atom stereocenters. The molecule has 2 aromatic carbocycles. The van der Waals surface area contributed by atoms with Gasteiger partial charge in [0.25, 0.3) is 0 Å². The molecule has 142 valence electrons. The largest absolute Gasteiger partial charge is 0.416 e. The lowest BCUT2D eigenvalue weighted by atomic mass is 10.1. The van der Waals surface area contributed by atoms with Crippen LogP contribution in [0.3, 0.4) is 0 Å². The normalized spacial score (nSPS) is 11.7. The van der Waals surface area contributed by atoms with Crippen molar-refractivity contribution in [3.8, 4) is 11.3 Å². The molecule has 0 aliphatic heterocycles. The highest BCUT2D eigenvalue weighted by Crippen LogP contribution is 2.31. The van der Waals surface area contributed by atoms with E-state index in [2.05, 4.69) is 20.3 Å². The molecular weight excluding hydrogens is 369 g/mol. The predicted octanol–water partition coefficient (Wildman–Crippen LogP) is 4.88. The average molecular weight is 384 g/mol. The zero-order valence-electron chi connectivity index (χ0n) is 14.5. The Bertz CT molecular complexity index is 1120. The SMILES string of the molecule is OCc1cc2cccc(Nc3cc(-c4ccc(C(F)(F)F)cc4)ncn3)c2[nH]1. The van der Waals surface area contributed by atoms with Gasteiger partial charge < -0.3 is 15.4 Å². The summed E-state index contributed by atoms with van der Waals surface area (Å²) in [5.74, 6) is 0.498. The van der Waals surface area contributed by atoms with Crippen molar-refractivity contribution in [3.05, 3.63) is 72.2 Å². The number of nitrogens with one attached hydrogen (secondary N) is 2. The van der Waals surface area contributed by atoms with Crippen molar-refractivity contribution in [1.29, 1.82) is 0 Å². The Kier molecular flexibility index (Phi) is 4.48. The third-order valence-electron chi connectivity index (χ3n) is 4.32.